The van der Waals surface area contributed by atoms with Crippen molar-refractivity contribution in [2.75, 3.05) is 13.2 Å². The summed E-state index contributed by atoms with van der Waals surface area (Å²) in [7, 11) is 0. The summed E-state index contributed by atoms with van der Waals surface area (Å²) >= 11 is 0. The summed E-state index contributed by atoms with van der Waals surface area (Å²) in [6, 6.07) is 0. The van der Waals surface area contributed by atoms with Crippen molar-refractivity contribution in [3.63, 3.8) is 0 Å². The van der Waals surface area contributed by atoms with Crippen molar-refractivity contribution in [3.05, 3.63) is 0 Å². The van der Waals surface area contributed by atoms with Crippen molar-refractivity contribution in [2.24, 2.45) is 5.92 Å². The largest absolute Gasteiger partial charge is 0.350 e. The van der Waals surface area contributed by atoms with Crippen LogP contribution >= 0.6 is 0 Å². The first-order valence-corrected chi connectivity index (χ1v) is 16.4. The topological polar surface area (TPSA) is 18.5 Å². The number of ether oxygens (including phenoxy) is 2. The van der Waals surface area contributed by atoms with E-state index >= 15 is 0 Å². The minimum absolute atomic E-state index is 0.400. The van der Waals surface area contributed by atoms with Gasteiger partial charge in [0.25, 0.3) is 0 Å². The first-order valence-electron chi connectivity index (χ1n) is 16.4. The highest BCUT2D eigenvalue weighted by Crippen LogP contribution is 2.33. The Morgan fingerprint density at radius 1 is 0.400 bits per heavy atom. The first kappa shape index (κ1) is 34.9. The molecule has 0 saturated heterocycles. The van der Waals surface area contributed by atoms with Crippen LogP contribution in [0, 0.1) is 5.92 Å². The van der Waals surface area contributed by atoms with Gasteiger partial charge in [0.1, 0.15) is 0 Å². The molecule has 212 valence electrons. The number of hydrogen-bond acceptors (Lipinski definition) is 2. The Kier molecular flexibility index (Phi) is 26.9. The second kappa shape index (κ2) is 27.0. The maximum atomic E-state index is 6.18. The summed E-state index contributed by atoms with van der Waals surface area (Å²) in [6.45, 7) is 12.5. The second-order valence-electron chi connectivity index (χ2n) is 11.2. The molecule has 0 aromatic rings. The summed E-state index contributed by atoms with van der Waals surface area (Å²) in [4.78, 5) is 0. The summed E-state index contributed by atoms with van der Waals surface area (Å²) in [5.74, 6) is 0.128. The van der Waals surface area contributed by atoms with E-state index in [1.165, 1.54) is 154 Å². The summed E-state index contributed by atoms with van der Waals surface area (Å²) in [6.07, 6.45) is 33.6. The van der Waals surface area contributed by atoms with E-state index < -0.39 is 5.79 Å². The fraction of sp³-hybridized carbons (Fsp3) is 1.00. The van der Waals surface area contributed by atoms with Crippen LogP contribution in [0.25, 0.3) is 0 Å². The van der Waals surface area contributed by atoms with E-state index in [-0.39, 0.29) is 0 Å². The Bertz CT molecular complexity index is 389. The highest BCUT2D eigenvalue weighted by Gasteiger charge is 2.34. The second-order valence-corrected chi connectivity index (χ2v) is 11.2. The number of hydrogen-bond donors (Lipinski definition) is 0. The predicted molar refractivity (Wildman–Crippen MR) is 157 cm³/mol. The molecule has 0 spiro atoms. The summed E-state index contributed by atoms with van der Waals surface area (Å²) in [5, 5.41) is 0. The molecule has 0 heterocycles. The summed E-state index contributed by atoms with van der Waals surface area (Å²) in [5.41, 5.74) is 0. The Morgan fingerprint density at radius 2 is 0.657 bits per heavy atom. The maximum Gasteiger partial charge on any atom is 0.168 e. The lowest BCUT2D eigenvalue weighted by molar-refractivity contribution is -0.254. The van der Waals surface area contributed by atoms with E-state index in [9.17, 15) is 0 Å². The van der Waals surface area contributed by atoms with Gasteiger partial charge in [-0.15, -0.1) is 0 Å². The maximum absolute atomic E-state index is 6.18. The molecule has 0 aliphatic carbocycles. The van der Waals surface area contributed by atoms with Crippen LogP contribution in [-0.2, 0) is 9.47 Å². The Morgan fingerprint density at radius 3 is 0.914 bits per heavy atom. The number of unbranched alkanes of at least 4 members (excludes halogenated alkanes) is 20. The molecule has 0 radical (unpaired) electrons. The van der Waals surface area contributed by atoms with Crippen molar-refractivity contribution < 1.29 is 9.47 Å². The molecule has 0 aromatic carbocycles. The zero-order valence-corrected chi connectivity index (χ0v) is 25.3. The molecule has 0 N–H and O–H groups in total. The molecule has 1 atom stereocenters. The van der Waals surface area contributed by atoms with Crippen LogP contribution < -0.4 is 0 Å². The van der Waals surface area contributed by atoms with Crippen molar-refractivity contribution in [2.45, 2.75) is 195 Å². The SMILES string of the molecule is CCCCCCCCCCCCCCCCCCC(CCCCCCCC)C(C)(OCC)OCC. The van der Waals surface area contributed by atoms with Crippen LogP contribution in [0.5, 0.6) is 0 Å². The quantitative estimate of drug-likeness (QED) is 0.0757. The van der Waals surface area contributed by atoms with Gasteiger partial charge in [-0.2, -0.15) is 0 Å². The van der Waals surface area contributed by atoms with Crippen LogP contribution in [0.15, 0.2) is 0 Å². The normalized spacial score (nSPS) is 12.9. The molecule has 1 unspecified atom stereocenters. The van der Waals surface area contributed by atoms with E-state index in [1.807, 2.05) is 0 Å². The Balaban J connectivity index is 3.91. The number of rotatable bonds is 29. The van der Waals surface area contributed by atoms with Gasteiger partial charge in [0, 0.05) is 19.1 Å². The minimum atomic E-state index is -0.400. The van der Waals surface area contributed by atoms with E-state index in [0.29, 0.717) is 5.92 Å². The zero-order valence-electron chi connectivity index (χ0n) is 25.3. The van der Waals surface area contributed by atoms with Gasteiger partial charge in [0.05, 0.1) is 0 Å². The third-order valence-electron chi connectivity index (χ3n) is 7.92. The van der Waals surface area contributed by atoms with E-state index in [1.54, 1.807) is 0 Å². The highest BCUT2D eigenvalue weighted by molar-refractivity contribution is 4.76. The van der Waals surface area contributed by atoms with E-state index in [4.69, 9.17) is 9.47 Å². The molecule has 0 aliphatic rings. The van der Waals surface area contributed by atoms with Crippen molar-refractivity contribution >= 4 is 0 Å². The third kappa shape index (κ3) is 21.7. The van der Waals surface area contributed by atoms with Gasteiger partial charge in [-0.05, 0) is 33.6 Å². The van der Waals surface area contributed by atoms with Gasteiger partial charge >= 0.3 is 0 Å². The molecule has 0 saturated carbocycles. The van der Waals surface area contributed by atoms with E-state index in [2.05, 4.69) is 34.6 Å². The molecule has 0 aromatic heterocycles. The Labute approximate surface area is 223 Å². The van der Waals surface area contributed by atoms with Gasteiger partial charge in [-0.3, -0.25) is 0 Å². The van der Waals surface area contributed by atoms with Gasteiger partial charge in [0.2, 0.25) is 0 Å². The lowest BCUT2D eigenvalue weighted by atomic mass is 9.87. The minimum Gasteiger partial charge on any atom is -0.350 e. The third-order valence-corrected chi connectivity index (χ3v) is 7.92. The van der Waals surface area contributed by atoms with Crippen LogP contribution in [0.4, 0.5) is 0 Å². The lowest BCUT2D eigenvalue weighted by Crippen LogP contribution is -2.41. The molecule has 0 aliphatic heterocycles. The molecule has 0 bridgehead atoms. The molecular weight excluding hydrogens is 428 g/mol. The predicted octanol–water partition coefficient (Wildman–Crippen LogP) is 11.8. The van der Waals surface area contributed by atoms with Crippen LogP contribution in [-0.4, -0.2) is 19.0 Å². The first-order chi connectivity index (χ1) is 17.1. The molecule has 0 fully saturated rings. The van der Waals surface area contributed by atoms with E-state index in [0.717, 1.165) is 13.2 Å². The smallest absolute Gasteiger partial charge is 0.168 e. The fourth-order valence-electron chi connectivity index (χ4n) is 5.63. The molecule has 0 amide bonds. The van der Waals surface area contributed by atoms with Gasteiger partial charge < -0.3 is 9.47 Å². The molecule has 2 nitrogen and oxygen atoms in total. The average Bonchev–Trinajstić information content (AvgIpc) is 2.84. The van der Waals surface area contributed by atoms with Gasteiger partial charge in [0.15, 0.2) is 5.79 Å². The molecule has 0 rings (SSSR count). The zero-order chi connectivity index (χ0) is 25.9. The van der Waals surface area contributed by atoms with Crippen LogP contribution in [0.2, 0.25) is 0 Å². The summed E-state index contributed by atoms with van der Waals surface area (Å²) < 4.78 is 12.4. The van der Waals surface area contributed by atoms with Gasteiger partial charge in [-0.25, -0.2) is 0 Å². The van der Waals surface area contributed by atoms with Crippen LogP contribution in [0.1, 0.15) is 189 Å². The van der Waals surface area contributed by atoms with Crippen molar-refractivity contribution in [1.82, 2.24) is 0 Å². The molecule has 35 heavy (non-hydrogen) atoms. The van der Waals surface area contributed by atoms with Crippen LogP contribution in [0.3, 0.4) is 0 Å². The van der Waals surface area contributed by atoms with Crippen molar-refractivity contribution in [1.29, 1.82) is 0 Å². The lowest BCUT2D eigenvalue weighted by Gasteiger charge is -2.37. The van der Waals surface area contributed by atoms with Gasteiger partial charge in [-0.1, -0.05) is 155 Å². The highest BCUT2D eigenvalue weighted by atomic mass is 16.7. The van der Waals surface area contributed by atoms with Crippen molar-refractivity contribution in [3.8, 4) is 0 Å². The average molecular weight is 497 g/mol. The molecule has 2 heteroatoms. The standard InChI is InChI=1S/C33H68O2/c1-6-10-12-14-16-17-18-19-20-21-22-23-24-25-27-29-31-32(30-28-26-15-13-11-7-2)33(5,34-8-3)35-9-4/h32H,6-31H2,1-5H3. The molecular formula is C33H68O2. The fourth-order valence-corrected chi connectivity index (χ4v) is 5.63. The monoisotopic (exact) mass is 497 g/mol. The Hall–Kier alpha value is -0.0800.